The molecule has 3 N–H and O–H groups in total. The molecule has 12 heteroatoms. The first-order valence-corrected chi connectivity index (χ1v) is 13.6. The minimum absolute atomic E-state index is 0.133. The number of methoxy groups -OCH3 is 2. The molecular formula is C26H34N4O7S. The molecule has 0 bridgehead atoms. The van der Waals surface area contributed by atoms with Crippen molar-refractivity contribution >= 4 is 33.4 Å². The Balaban J connectivity index is 1.62. The predicted octanol–water partition coefficient (Wildman–Crippen LogP) is 1.68. The number of benzene rings is 2. The molecule has 1 saturated heterocycles. The van der Waals surface area contributed by atoms with Crippen molar-refractivity contribution in [1.82, 2.24) is 14.9 Å². The first-order chi connectivity index (χ1) is 18.0. The molecule has 1 aliphatic heterocycles. The number of rotatable bonds is 10. The van der Waals surface area contributed by atoms with Gasteiger partial charge in [0.15, 0.2) is 0 Å². The molecule has 1 atom stereocenters. The Morgan fingerprint density at radius 2 is 1.53 bits per heavy atom. The molecule has 1 fully saturated rings. The highest BCUT2D eigenvalue weighted by Gasteiger charge is 2.31. The smallest absolute Gasteiger partial charge is 0.243 e. The number of hydrogen-bond donors (Lipinski definition) is 3. The van der Waals surface area contributed by atoms with Gasteiger partial charge in [0.25, 0.3) is 0 Å². The van der Waals surface area contributed by atoms with Crippen molar-refractivity contribution < 1.29 is 32.3 Å². The second-order valence-corrected chi connectivity index (χ2v) is 11.0. The number of nitrogens with one attached hydrogen (secondary N) is 3. The molecule has 2 aromatic carbocycles. The molecule has 38 heavy (non-hydrogen) atoms. The van der Waals surface area contributed by atoms with Gasteiger partial charge < -0.3 is 25.4 Å². The van der Waals surface area contributed by atoms with E-state index in [9.17, 15) is 22.8 Å². The molecule has 3 amide bonds. The molecule has 206 valence electrons. The van der Waals surface area contributed by atoms with Gasteiger partial charge in [0, 0.05) is 51.2 Å². The fourth-order valence-electron chi connectivity index (χ4n) is 4.28. The summed E-state index contributed by atoms with van der Waals surface area (Å²) in [5.74, 6) is 0.204. The Bertz CT molecular complexity index is 1230. The molecule has 0 radical (unpaired) electrons. The third-order valence-corrected chi connectivity index (χ3v) is 8.07. The van der Waals surface area contributed by atoms with E-state index in [1.54, 1.807) is 30.3 Å². The lowest BCUT2D eigenvalue weighted by molar-refractivity contribution is -0.128. The Kier molecular flexibility index (Phi) is 9.70. The maximum atomic E-state index is 13.1. The maximum absolute atomic E-state index is 13.1. The van der Waals surface area contributed by atoms with E-state index < -0.39 is 16.1 Å². The van der Waals surface area contributed by atoms with Crippen molar-refractivity contribution in [3.05, 3.63) is 48.0 Å². The van der Waals surface area contributed by atoms with Gasteiger partial charge in [0.05, 0.1) is 19.1 Å². The SMILES string of the molecule is COc1cc(C[C@@H](NC(C)=O)C(=O)NC2CCN(S(=O)(=O)c3ccc(NC(C)=O)cc3)CC2)cc(OC)c1. The number of hydrogen-bond acceptors (Lipinski definition) is 7. The number of anilines is 1. The molecule has 0 aromatic heterocycles. The van der Waals surface area contributed by atoms with E-state index in [1.807, 2.05) is 0 Å². The van der Waals surface area contributed by atoms with E-state index >= 15 is 0 Å². The van der Waals surface area contributed by atoms with Gasteiger partial charge in [0.1, 0.15) is 17.5 Å². The standard InChI is InChI=1S/C26H34N4O7S/c1-17(31)27-20-5-7-24(8-6-20)38(34,35)30-11-9-21(10-12-30)29-26(33)25(28-18(2)32)15-19-13-22(36-3)16-23(14-19)37-4/h5-8,13-14,16,21,25H,9-12,15H2,1-4H3,(H,27,31)(H,28,32)(H,29,33)/t25-/m1/s1. The summed E-state index contributed by atoms with van der Waals surface area (Å²) in [5, 5.41) is 8.27. The van der Waals surface area contributed by atoms with E-state index in [0.717, 1.165) is 5.56 Å². The summed E-state index contributed by atoms with van der Waals surface area (Å²) in [4.78, 5) is 36.3. The average Bonchev–Trinajstić information content (AvgIpc) is 2.88. The normalized spacial score (nSPS) is 15.3. The summed E-state index contributed by atoms with van der Waals surface area (Å²) in [7, 11) is -0.655. The van der Waals surface area contributed by atoms with Crippen LogP contribution in [0.5, 0.6) is 11.5 Å². The monoisotopic (exact) mass is 546 g/mol. The highest BCUT2D eigenvalue weighted by molar-refractivity contribution is 7.89. The lowest BCUT2D eigenvalue weighted by Gasteiger charge is -2.32. The van der Waals surface area contributed by atoms with Crippen molar-refractivity contribution in [1.29, 1.82) is 0 Å². The molecular weight excluding hydrogens is 512 g/mol. The molecule has 2 aromatic rings. The second-order valence-electron chi connectivity index (χ2n) is 9.07. The number of carbonyl (C=O) groups excluding carboxylic acids is 3. The zero-order valence-electron chi connectivity index (χ0n) is 21.9. The fraction of sp³-hybridized carbons (Fsp3) is 0.423. The van der Waals surface area contributed by atoms with Crippen LogP contribution >= 0.6 is 0 Å². The summed E-state index contributed by atoms with van der Waals surface area (Å²) < 4.78 is 38.1. The Morgan fingerprint density at radius 1 is 0.947 bits per heavy atom. The van der Waals surface area contributed by atoms with E-state index in [-0.39, 0.29) is 48.2 Å². The van der Waals surface area contributed by atoms with Crippen LogP contribution in [0.25, 0.3) is 0 Å². The van der Waals surface area contributed by atoms with Gasteiger partial charge in [-0.15, -0.1) is 0 Å². The number of piperidine rings is 1. The van der Waals surface area contributed by atoms with Crippen molar-refractivity contribution in [3.63, 3.8) is 0 Å². The van der Waals surface area contributed by atoms with E-state index in [2.05, 4.69) is 16.0 Å². The molecule has 0 unspecified atom stereocenters. The van der Waals surface area contributed by atoms with Gasteiger partial charge in [-0.1, -0.05) is 0 Å². The van der Waals surface area contributed by atoms with E-state index in [4.69, 9.17) is 9.47 Å². The third-order valence-electron chi connectivity index (χ3n) is 6.16. The Morgan fingerprint density at radius 3 is 2.03 bits per heavy atom. The van der Waals surface area contributed by atoms with E-state index in [0.29, 0.717) is 30.0 Å². The summed E-state index contributed by atoms with van der Waals surface area (Å²) in [6, 6.07) is 10.2. The molecule has 3 rings (SSSR count). The Labute approximate surface area is 222 Å². The predicted molar refractivity (Wildman–Crippen MR) is 142 cm³/mol. The fourth-order valence-corrected chi connectivity index (χ4v) is 5.75. The summed E-state index contributed by atoms with van der Waals surface area (Å²) >= 11 is 0. The topological polar surface area (TPSA) is 143 Å². The quantitative estimate of drug-likeness (QED) is 0.411. The van der Waals surface area contributed by atoms with Crippen LogP contribution in [0.15, 0.2) is 47.4 Å². The average molecular weight is 547 g/mol. The number of nitrogens with zero attached hydrogens (tertiary/aromatic N) is 1. The second kappa shape index (κ2) is 12.7. The van der Waals surface area contributed by atoms with E-state index in [1.165, 1.54) is 44.5 Å². The van der Waals surface area contributed by atoms with Crippen molar-refractivity contribution in [2.75, 3.05) is 32.6 Å². The van der Waals surface area contributed by atoms with Crippen LogP contribution in [0.1, 0.15) is 32.3 Å². The number of ether oxygens (including phenoxy) is 2. The number of amides is 3. The minimum Gasteiger partial charge on any atom is -0.497 e. The van der Waals surface area contributed by atoms with Crippen LogP contribution in [0.4, 0.5) is 5.69 Å². The van der Waals surface area contributed by atoms with Crippen molar-refractivity contribution in [2.45, 2.75) is 50.1 Å². The summed E-state index contributed by atoms with van der Waals surface area (Å²) in [6.07, 6.45) is 1.07. The van der Waals surface area contributed by atoms with Crippen LogP contribution in [0.3, 0.4) is 0 Å². The summed E-state index contributed by atoms with van der Waals surface area (Å²) in [5.41, 5.74) is 1.26. The molecule has 11 nitrogen and oxygen atoms in total. The maximum Gasteiger partial charge on any atom is 0.243 e. The third kappa shape index (κ3) is 7.68. The van der Waals surface area contributed by atoms with Gasteiger partial charge in [-0.2, -0.15) is 4.31 Å². The Hall–Kier alpha value is -3.64. The van der Waals surface area contributed by atoms with Crippen LogP contribution in [-0.2, 0) is 30.8 Å². The first kappa shape index (κ1) is 28.9. The zero-order chi connectivity index (χ0) is 27.9. The first-order valence-electron chi connectivity index (χ1n) is 12.2. The number of sulfonamides is 1. The van der Waals surface area contributed by atoms with Gasteiger partial charge in [-0.3, -0.25) is 14.4 Å². The molecule has 1 heterocycles. The van der Waals surface area contributed by atoms with Gasteiger partial charge >= 0.3 is 0 Å². The van der Waals surface area contributed by atoms with Crippen molar-refractivity contribution in [2.24, 2.45) is 0 Å². The molecule has 1 aliphatic rings. The van der Waals surface area contributed by atoms with Crippen LogP contribution in [0, 0.1) is 0 Å². The van der Waals surface area contributed by atoms with Gasteiger partial charge in [0.2, 0.25) is 27.7 Å². The van der Waals surface area contributed by atoms with Crippen molar-refractivity contribution in [3.8, 4) is 11.5 Å². The zero-order valence-corrected chi connectivity index (χ0v) is 22.8. The lowest BCUT2D eigenvalue weighted by Crippen LogP contribution is -2.53. The van der Waals surface area contributed by atoms with Gasteiger partial charge in [-0.05, 0) is 54.8 Å². The summed E-state index contributed by atoms with van der Waals surface area (Å²) in [6.45, 7) is 3.19. The van der Waals surface area contributed by atoms with Gasteiger partial charge in [-0.25, -0.2) is 8.42 Å². The molecule has 0 saturated carbocycles. The highest BCUT2D eigenvalue weighted by Crippen LogP contribution is 2.24. The van der Waals surface area contributed by atoms with Crippen LogP contribution in [0.2, 0.25) is 0 Å². The largest absolute Gasteiger partial charge is 0.497 e. The highest BCUT2D eigenvalue weighted by atomic mass is 32.2. The number of carbonyl (C=O) groups is 3. The van der Waals surface area contributed by atoms with Crippen LogP contribution in [-0.4, -0.2) is 69.8 Å². The lowest BCUT2D eigenvalue weighted by atomic mass is 10.0. The van der Waals surface area contributed by atoms with Crippen LogP contribution < -0.4 is 25.4 Å². The minimum atomic E-state index is -3.72. The molecule has 0 spiro atoms. The molecule has 0 aliphatic carbocycles.